The number of ether oxygens (including phenoxy) is 2. The van der Waals surface area contributed by atoms with Gasteiger partial charge in [0.05, 0.1) is 22.7 Å². The number of carbonyl (C=O) groups is 1. The van der Waals surface area contributed by atoms with Crippen LogP contribution in [0.15, 0.2) is 41.3 Å². The molecule has 0 unspecified atom stereocenters. The van der Waals surface area contributed by atoms with Crippen molar-refractivity contribution < 1.29 is 27.1 Å². The number of anilines is 1. The molecule has 1 N–H and O–H groups in total. The van der Waals surface area contributed by atoms with Gasteiger partial charge < -0.3 is 14.8 Å². The van der Waals surface area contributed by atoms with Gasteiger partial charge in [-0.05, 0) is 36.4 Å². The molecule has 27 heavy (non-hydrogen) atoms. The van der Waals surface area contributed by atoms with Crippen LogP contribution >= 0.6 is 11.6 Å². The van der Waals surface area contributed by atoms with Gasteiger partial charge in [-0.25, -0.2) is 17.1 Å². The third-order valence-electron chi connectivity index (χ3n) is 3.48. The number of rotatable bonds is 7. The molecule has 0 saturated carbocycles. The molecule has 1 amide bonds. The molecule has 0 fully saturated rings. The molecular formula is C17H18ClFN2O5S. The number of nitrogens with one attached hydrogen (secondary N) is 1. The summed E-state index contributed by atoms with van der Waals surface area (Å²) in [7, 11) is 0.508. The molecular weight excluding hydrogens is 399 g/mol. The first-order valence-corrected chi connectivity index (χ1v) is 9.45. The summed E-state index contributed by atoms with van der Waals surface area (Å²) in [5.41, 5.74) is 0.166. The second-order valence-corrected chi connectivity index (χ2v) is 8.12. The van der Waals surface area contributed by atoms with E-state index in [0.29, 0.717) is 0 Å². The van der Waals surface area contributed by atoms with Crippen LogP contribution in [0.2, 0.25) is 5.02 Å². The van der Waals surface area contributed by atoms with E-state index in [2.05, 4.69) is 5.32 Å². The molecule has 7 nitrogen and oxygen atoms in total. The van der Waals surface area contributed by atoms with Crippen molar-refractivity contribution >= 4 is 33.2 Å². The lowest BCUT2D eigenvalue weighted by molar-refractivity contribution is -0.118. The molecule has 10 heteroatoms. The maximum atomic E-state index is 13.0. The van der Waals surface area contributed by atoms with Crippen LogP contribution in [0.25, 0.3) is 0 Å². The van der Waals surface area contributed by atoms with Crippen LogP contribution in [-0.2, 0) is 14.8 Å². The number of hydrogen-bond acceptors (Lipinski definition) is 5. The fourth-order valence-corrected chi connectivity index (χ4v) is 3.23. The third kappa shape index (κ3) is 5.09. The van der Waals surface area contributed by atoms with E-state index in [9.17, 15) is 17.6 Å². The number of methoxy groups -OCH3 is 1. The Morgan fingerprint density at radius 3 is 2.44 bits per heavy atom. The van der Waals surface area contributed by atoms with Crippen LogP contribution < -0.4 is 14.8 Å². The number of amides is 1. The van der Waals surface area contributed by atoms with E-state index in [1.165, 1.54) is 45.5 Å². The summed E-state index contributed by atoms with van der Waals surface area (Å²) in [5.74, 6) is -0.682. The molecule has 0 aliphatic carbocycles. The summed E-state index contributed by atoms with van der Waals surface area (Å²) in [5, 5.41) is 2.55. The second kappa shape index (κ2) is 8.55. The minimum absolute atomic E-state index is 0.00824. The molecule has 0 bridgehead atoms. The highest BCUT2D eigenvalue weighted by Gasteiger charge is 2.20. The Hall–Kier alpha value is -2.36. The zero-order valence-corrected chi connectivity index (χ0v) is 16.4. The molecule has 0 saturated heterocycles. The number of benzene rings is 2. The van der Waals surface area contributed by atoms with E-state index in [-0.39, 0.29) is 27.1 Å². The van der Waals surface area contributed by atoms with Gasteiger partial charge in [0.25, 0.3) is 5.91 Å². The maximum Gasteiger partial charge on any atom is 0.262 e. The maximum absolute atomic E-state index is 13.0. The summed E-state index contributed by atoms with van der Waals surface area (Å²) in [6.45, 7) is -0.417. The zero-order valence-electron chi connectivity index (χ0n) is 14.8. The smallest absolute Gasteiger partial charge is 0.262 e. The molecule has 2 aromatic rings. The van der Waals surface area contributed by atoms with Crippen molar-refractivity contribution in [3.8, 4) is 11.5 Å². The summed E-state index contributed by atoms with van der Waals surface area (Å²) in [6.07, 6.45) is 0. The first-order valence-electron chi connectivity index (χ1n) is 7.63. The van der Waals surface area contributed by atoms with Gasteiger partial charge in [-0.2, -0.15) is 0 Å². The van der Waals surface area contributed by atoms with E-state index in [1.54, 1.807) is 0 Å². The van der Waals surface area contributed by atoms with Gasteiger partial charge in [-0.3, -0.25) is 4.79 Å². The SMILES string of the molecule is COc1ccc(S(=O)(=O)N(C)C)cc1NC(=O)COc1ccc(F)cc1Cl. The largest absolute Gasteiger partial charge is 0.495 e. The van der Waals surface area contributed by atoms with Crippen molar-refractivity contribution in [2.45, 2.75) is 4.90 Å². The van der Waals surface area contributed by atoms with Crippen LogP contribution in [0.3, 0.4) is 0 Å². The van der Waals surface area contributed by atoms with Crippen LogP contribution in [0, 0.1) is 5.82 Å². The predicted octanol–water partition coefficient (Wildman–Crippen LogP) is 2.76. The van der Waals surface area contributed by atoms with E-state index in [4.69, 9.17) is 21.1 Å². The number of hydrogen-bond donors (Lipinski definition) is 1. The minimum Gasteiger partial charge on any atom is -0.495 e. The van der Waals surface area contributed by atoms with Gasteiger partial charge in [0.2, 0.25) is 10.0 Å². The van der Waals surface area contributed by atoms with E-state index in [1.807, 2.05) is 0 Å². The Balaban J connectivity index is 2.16. The fourth-order valence-electron chi connectivity index (χ4n) is 2.08. The Morgan fingerprint density at radius 1 is 1.19 bits per heavy atom. The molecule has 0 radical (unpaired) electrons. The predicted molar refractivity (Wildman–Crippen MR) is 99.4 cm³/mol. The lowest BCUT2D eigenvalue weighted by atomic mass is 10.3. The summed E-state index contributed by atoms with van der Waals surface area (Å²) in [4.78, 5) is 12.2. The number of carbonyl (C=O) groups excluding carboxylic acids is 1. The summed E-state index contributed by atoms with van der Waals surface area (Å²) < 4.78 is 49.0. The van der Waals surface area contributed by atoms with Crippen molar-refractivity contribution in [1.29, 1.82) is 0 Å². The van der Waals surface area contributed by atoms with Crippen LogP contribution in [-0.4, -0.2) is 46.4 Å². The zero-order chi connectivity index (χ0) is 20.2. The Kier molecular flexibility index (Phi) is 6.63. The molecule has 0 aliphatic heterocycles. The second-order valence-electron chi connectivity index (χ2n) is 5.56. The molecule has 2 rings (SSSR count). The quantitative estimate of drug-likeness (QED) is 0.750. The van der Waals surface area contributed by atoms with E-state index in [0.717, 1.165) is 16.4 Å². The van der Waals surface area contributed by atoms with E-state index >= 15 is 0 Å². The van der Waals surface area contributed by atoms with Crippen LogP contribution in [0.5, 0.6) is 11.5 Å². The lowest BCUT2D eigenvalue weighted by Crippen LogP contribution is -2.23. The van der Waals surface area contributed by atoms with Gasteiger partial charge in [-0.15, -0.1) is 0 Å². The highest BCUT2D eigenvalue weighted by Crippen LogP contribution is 2.29. The van der Waals surface area contributed by atoms with Crippen molar-refractivity contribution in [1.82, 2.24) is 4.31 Å². The molecule has 0 aliphatic rings. The van der Waals surface area contributed by atoms with Crippen LogP contribution in [0.4, 0.5) is 10.1 Å². The number of sulfonamides is 1. The standard InChI is InChI=1S/C17H18ClFN2O5S/c1-21(2)27(23,24)12-5-7-16(25-3)14(9-12)20-17(22)10-26-15-6-4-11(19)8-13(15)18/h4-9H,10H2,1-3H3,(H,20,22). The van der Waals surface area contributed by atoms with Gasteiger partial charge in [-0.1, -0.05) is 11.6 Å². The third-order valence-corrected chi connectivity index (χ3v) is 5.58. The Bertz CT molecular complexity index is 950. The van der Waals surface area contributed by atoms with Crippen LogP contribution in [0.1, 0.15) is 0 Å². The highest BCUT2D eigenvalue weighted by molar-refractivity contribution is 7.89. The molecule has 2 aromatic carbocycles. The molecule has 0 heterocycles. The molecule has 0 atom stereocenters. The number of nitrogens with zero attached hydrogens (tertiary/aromatic N) is 1. The summed E-state index contributed by atoms with van der Waals surface area (Å²) in [6, 6.07) is 7.61. The van der Waals surface area contributed by atoms with Gasteiger partial charge >= 0.3 is 0 Å². The number of halogens is 2. The molecule has 0 aromatic heterocycles. The van der Waals surface area contributed by atoms with Crippen molar-refractivity contribution in [2.75, 3.05) is 33.1 Å². The lowest BCUT2D eigenvalue weighted by Gasteiger charge is -2.15. The Labute approximate surface area is 161 Å². The average molecular weight is 417 g/mol. The average Bonchev–Trinajstić information content (AvgIpc) is 2.60. The normalized spacial score (nSPS) is 11.3. The highest BCUT2D eigenvalue weighted by atomic mass is 35.5. The first kappa shape index (κ1) is 20.9. The topological polar surface area (TPSA) is 84.9 Å². The summed E-state index contributed by atoms with van der Waals surface area (Å²) >= 11 is 5.83. The Morgan fingerprint density at radius 2 is 1.85 bits per heavy atom. The van der Waals surface area contributed by atoms with Gasteiger partial charge in [0.15, 0.2) is 6.61 Å². The monoisotopic (exact) mass is 416 g/mol. The van der Waals surface area contributed by atoms with Crippen molar-refractivity contribution in [3.05, 3.63) is 47.2 Å². The molecule has 146 valence electrons. The van der Waals surface area contributed by atoms with Crippen molar-refractivity contribution in [3.63, 3.8) is 0 Å². The van der Waals surface area contributed by atoms with Crippen molar-refractivity contribution in [2.24, 2.45) is 0 Å². The first-order chi connectivity index (χ1) is 12.6. The minimum atomic E-state index is -3.68. The van der Waals surface area contributed by atoms with Gasteiger partial charge in [0, 0.05) is 14.1 Å². The van der Waals surface area contributed by atoms with Gasteiger partial charge in [0.1, 0.15) is 17.3 Å². The van der Waals surface area contributed by atoms with E-state index < -0.39 is 28.4 Å². The fraction of sp³-hybridized carbons (Fsp3) is 0.235. The molecule has 0 spiro atoms.